The van der Waals surface area contributed by atoms with Crippen LogP contribution < -0.4 is 19.6 Å². The van der Waals surface area contributed by atoms with Crippen molar-refractivity contribution in [1.29, 1.82) is 0 Å². The molecule has 1 heterocycles. The Morgan fingerprint density at radius 1 is 1.09 bits per heavy atom. The fourth-order valence-electron chi connectivity index (χ4n) is 3.79. The van der Waals surface area contributed by atoms with Gasteiger partial charge in [-0.2, -0.15) is 0 Å². The molecule has 10 heteroatoms. The van der Waals surface area contributed by atoms with E-state index >= 15 is 0 Å². The number of halogens is 1. The maximum absolute atomic E-state index is 12.7. The summed E-state index contributed by atoms with van der Waals surface area (Å²) in [6.07, 6.45) is 0.849. The second-order valence-electron chi connectivity index (χ2n) is 7.80. The molecule has 180 valence electrons. The number of phenols is 1. The van der Waals surface area contributed by atoms with Gasteiger partial charge < -0.3 is 33.6 Å². The molecule has 2 N–H and O–H groups in total. The summed E-state index contributed by atoms with van der Waals surface area (Å²) in [6.45, 7) is 0.405. The summed E-state index contributed by atoms with van der Waals surface area (Å²) in [5.41, 5.74) is -0.0184. The normalized spacial score (nSPS) is 17.3. The molecule has 0 bridgehead atoms. The van der Waals surface area contributed by atoms with E-state index in [1.165, 1.54) is 32.4 Å². The quantitative estimate of drug-likeness (QED) is 0.426. The van der Waals surface area contributed by atoms with Gasteiger partial charge in [0, 0.05) is 12.1 Å². The minimum atomic E-state index is -0.809. The molecule has 3 aromatic rings. The Bertz CT molecular complexity index is 1280. The first kappa shape index (κ1) is 23.7. The number of hydrogen-bond donors (Lipinski definition) is 2. The van der Waals surface area contributed by atoms with E-state index in [0.29, 0.717) is 35.7 Å². The van der Waals surface area contributed by atoms with Crippen molar-refractivity contribution in [2.24, 2.45) is 5.92 Å². The van der Waals surface area contributed by atoms with E-state index in [1.54, 1.807) is 12.1 Å². The number of ether oxygens (including phenoxy) is 4. The van der Waals surface area contributed by atoms with E-state index in [1.807, 2.05) is 0 Å². The van der Waals surface area contributed by atoms with E-state index in [-0.39, 0.29) is 52.7 Å². The number of aliphatic carboxylic acids is 1. The molecular formula is C24H23ClO9. The molecule has 0 radical (unpaired) electrons. The molecule has 0 aliphatic heterocycles. The lowest BCUT2D eigenvalue weighted by Crippen LogP contribution is -2.37. The summed E-state index contributed by atoms with van der Waals surface area (Å²) in [5.74, 6) is -0.102. The van der Waals surface area contributed by atoms with Gasteiger partial charge in [-0.15, -0.1) is 0 Å². The lowest BCUT2D eigenvalue weighted by molar-refractivity contribution is -0.151. The summed E-state index contributed by atoms with van der Waals surface area (Å²) in [4.78, 5) is 23.7. The van der Waals surface area contributed by atoms with Crippen LogP contribution in [0.4, 0.5) is 0 Å². The third-order valence-electron chi connectivity index (χ3n) is 5.70. The number of methoxy groups -OCH3 is 2. The van der Waals surface area contributed by atoms with E-state index in [0.717, 1.165) is 0 Å². The minimum absolute atomic E-state index is 0.0206. The van der Waals surface area contributed by atoms with Crippen LogP contribution in [0.25, 0.3) is 22.3 Å². The molecular weight excluding hydrogens is 468 g/mol. The summed E-state index contributed by atoms with van der Waals surface area (Å²) in [6, 6.07) is 7.21. The Morgan fingerprint density at radius 3 is 2.47 bits per heavy atom. The number of benzene rings is 2. The van der Waals surface area contributed by atoms with Gasteiger partial charge in [0.15, 0.2) is 22.5 Å². The topological polar surface area (TPSA) is 125 Å². The molecule has 0 amide bonds. The van der Waals surface area contributed by atoms with Crippen molar-refractivity contribution in [2.75, 3.05) is 27.4 Å². The van der Waals surface area contributed by atoms with Gasteiger partial charge in [0.1, 0.15) is 29.3 Å². The Balaban J connectivity index is 1.62. The number of carboxylic acids is 1. The third-order valence-corrected chi connectivity index (χ3v) is 6.00. The highest BCUT2D eigenvalue weighted by Crippen LogP contribution is 2.41. The van der Waals surface area contributed by atoms with Gasteiger partial charge in [0.2, 0.25) is 0 Å². The van der Waals surface area contributed by atoms with Crippen LogP contribution in [0.1, 0.15) is 12.8 Å². The lowest BCUT2D eigenvalue weighted by atomic mass is 9.82. The summed E-state index contributed by atoms with van der Waals surface area (Å²) >= 11 is 6.21. The average Bonchev–Trinajstić information content (AvgIpc) is 2.78. The molecule has 9 nitrogen and oxygen atoms in total. The van der Waals surface area contributed by atoms with Gasteiger partial charge in [0.05, 0.1) is 43.4 Å². The highest BCUT2D eigenvalue weighted by atomic mass is 35.5. The van der Waals surface area contributed by atoms with Gasteiger partial charge >= 0.3 is 5.97 Å². The molecule has 1 aromatic heterocycles. The fraction of sp³-hybridized carbons (Fsp3) is 0.333. The monoisotopic (exact) mass is 490 g/mol. The number of carbonyl (C=O) groups is 1. The Hall–Kier alpha value is -3.43. The predicted molar refractivity (Wildman–Crippen MR) is 123 cm³/mol. The van der Waals surface area contributed by atoms with Crippen LogP contribution >= 0.6 is 11.6 Å². The van der Waals surface area contributed by atoms with Crippen LogP contribution in [-0.2, 0) is 9.53 Å². The van der Waals surface area contributed by atoms with E-state index < -0.39 is 11.4 Å². The second-order valence-corrected chi connectivity index (χ2v) is 8.20. The van der Waals surface area contributed by atoms with Gasteiger partial charge in [-0.25, -0.2) is 0 Å². The van der Waals surface area contributed by atoms with E-state index in [2.05, 4.69) is 0 Å². The summed E-state index contributed by atoms with van der Waals surface area (Å²) in [7, 11) is 2.96. The maximum atomic E-state index is 12.7. The zero-order valence-electron chi connectivity index (χ0n) is 18.5. The fourth-order valence-corrected chi connectivity index (χ4v) is 3.99. The SMILES string of the molecule is COc1cc(OCCO[C@H]2C[C@@H](C(=O)O)C2)c(-c2cc(=O)c3c(O)ccc(Cl)c3o2)cc1OC. The maximum Gasteiger partial charge on any atom is 0.306 e. The number of phenolic OH excluding ortho intramolecular Hbond substituents is 1. The number of carboxylic acid groups (broad SMARTS) is 1. The molecule has 4 rings (SSSR count). The Labute approximate surface area is 199 Å². The Morgan fingerprint density at radius 2 is 1.79 bits per heavy atom. The van der Waals surface area contributed by atoms with E-state index in [9.17, 15) is 14.7 Å². The number of rotatable bonds is 9. The van der Waals surface area contributed by atoms with Crippen molar-refractivity contribution in [1.82, 2.24) is 0 Å². The van der Waals surface area contributed by atoms with Gasteiger partial charge in [-0.3, -0.25) is 9.59 Å². The van der Waals surface area contributed by atoms with Crippen LogP contribution in [0.15, 0.2) is 39.5 Å². The van der Waals surface area contributed by atoms with Gasteiger partial charge in [-0.05, 0) is 31.0 Å². The van der Waals surface area contributed by atoms with Crippen molar-refractivity contribution < 1.29 is 38.4 Å². The van der Waals surface area contributed by atoms with Crippen LogP contribution in [0.2, 0.25) is 5.02 Å². The highest BCUT2D eigenvalue weighted by Gasteiger charge is 2.35. The van der Waals surface area contributed by atoms with E-state index in [4.69, 9.17) is 40.1 Å². The second kappa shape index (κ2) is 9.82. The number of aromatic hydroxyl groups is 1. The van der Waals surface area contributed by atoms with Crippen molar-refractivity contribution in [2.45, 2.75) is 18.9 Å². The first-order valence-electron chi connectivity index (χ1n) is 10.5. The first-order valence-corrected chi connectivity index (χ1v) is 10.9. The van der Waals surface area contributed by atoms with Gasteiger partial charge in [-0.1, -0.05) is 11.6 Å². The molecule has 0 saturated heterocycles. The summed E-state index contributed by atoms with van der Waals surface area (Å²) < 4.78 is 28.2. The molecule has 1 aliphatic rings. The molecule has 0 unspecified atom stereocenters. The number of fused-ring (bicyclic) bond motifs is 1. The van der Waals surface area contributed by atoms with Crippen LogP contribution in [-0.4, -0.2) is 49.7 Å². The minimum Gasteiger partial charge on any atom is -0.507 e. The van der Waals surface area contributed by atoms with Crippen LogP contribution in [0.5, 0.6) is 23.0 Å². The highest BCUT2D eigenvalue weighted by molar-refractivity contribution is 6.35. The van der Waals surface area contributed by atoms with Crippen LogP contribution in [0.3, 0.4) is 0 Å². The standard InChI is InChI=1S/C24H23ClO9/c1-30-20-9-14(19-10-17(27)22-16(26)4-3-15(25)23(22)34-19)18(11-21(20)31-2)33-6-5-32-13-7-12(8-13)24(28)29/h3-4,9-13,26H,5-8H2,1-2H3,(H,28,29)/t12-,13+. The first-order chi connectivity index (χ1) is 16.3. The van der Waals surface area contributed by atoms with Crippen molar-refractivity contribution in [3.05, 3.63) is 45.6 Å². The van der Waals surface area contributed by atoms with Gasteiger partial charge in [0.25, 0.3) is 0 Å². The molecule has 34 heavy (non-hydrogen) atoms. The van der Waals surface area contributed by atoms with Crippen molar-refractivity contribution in [3.8, 4) is 34.3 Å². The largest absolute Gasteiger partial charge is 0.507 e. The lowest BCUT2D eigenvalue weighted by Gasteiger charge is -2.32. The molecule has 2 aromatic carbocycles. The summed E-state index contributed by atoms with van der Waals surface area (Å²) in [5, 5.41) is 19.2. The molecule has 0 spiro atoms. The molecule has 1 saturated carbocycles. The van der Waals surface area contributed by atoms with Crippen molar-refractivity contribution >= 4 is 28.5 Å². The molecule has 0 atom stereocenters. The smallest absolute Gasteiger partial charge is 0.306 e. The predicted octanol–water partition coefficient (Wildman–Crippen LogP) is 4.09. The molecule has 1 fully saturated rings. The van der Waals surface area contributed by atoms with Crippen LogP contribution in [0, 0.1) is 5.92 Å². The molecule has 1 aliphatic carbocycles. The van der Waals surface area contributed by atoms with Crippen molar-refractivity contribution in [3.63, 3.8) is 0 Å². The zero-order valence-corrected chi connectivity index (χ0v) is 19.3. The number of hydrogen-bond acceptors (Lipinski definition) is 8. The Kier molecular flexibility index (Phi) is 6.85. The zero-order chi connectivity index (χ0) is 24.4. The third kappa shape index (κ3) is 4.62. The average molecular weight is 491 g/mol.